The van der Waals surface area contributed by atoms with Crippen molar-refractivity contribution in [1.29, 1.82) is 0 Å². The van der Waals surface area contributed by atoms with E-state index in [-0.39, 0.29) is 11.7 Å². The molecule has 0 aliphatic carbocycles. The molecule has 2 N–H and O–H groups in total. The van der Waals surface area contributed by atoms with Crippen molar-refractivity contribution in [3.8, 4) is 0 Å². The van der Waals surface area contributed by atoms with E-state index in [0.717, 1.165) is 43.6 Å². The Morgan fingerprint density at radius 2 is 1.63 bits per heavy atom. The summed E-state index contributed by atoms with van der Waals surface area (Å²) in [5.74, 6) is 0.329. The Kier molecular flexibility index (Phi) is 6.81. The molecule has 7 nitrogen and oxygen atoms in total. The van der Waals surface area contributed by atoms with Gasteiger partial charge in [0.1, 0.15) is 18.0 Å². The van der Waals surface area contributed by atoms with Crippen LogP contribution in [0, 0.1) is 5.82 Å². The smallest absolute Gasteiger partial charge is 0.253 e. The number of hydrogen-bond donors (Lipinski definition) is 2. The molecule has 3 aromatic carbocycles. The monoisotopic (exact) mass is 470 g/mol. The van der Waals surface area contributed by atoms with E-state index in [9.17, 15) is 9.18 Å². The zero-order valence-corrected chi connectivity index (χ0v) is 19.3. The third kappa shape index (κ3) is 5.22. The first-order chi connectivity index (χ1) is 17.2. The molecule has 8 heteroatoms. The fraction of sp³-hybridized carbons (Fsp3) is 0.222. The standard InChI is InChI=1S/C27H27FN6O/c28-22-9-3-6-12-25(22)34-17-15-33(16-18-34)14-13-29-27(35)21-8-2-5-11-24(21)32-26-20-7-1-4-10-23(20)30-19-31-26/h1-12,19H,13-18H2,(H,29,35)(H,30,31,32). The number of halogens is 1. The highest BCUT2D eigenvalue weighted by molar-refractivity contribution is 6.01. The molecule has 0 bridgehead atoms. The van der Waals surface area contributed by atoms with Crippen LogP contribution in [-0.4, -0.2) is 60.0 Å². The average Bonchev–Trinajstić information content (AvgIpc) is 2.90. The summed E-state index contributed by atoms with van der Waals surface area (Å²) in [7, 11) is 0. The molecule has 0 atom stereocenters. The van der Waals surface area contributed by atoms with Gasteiger partial charge in [0.25, 0.3) is 5.91 Å². The predicted molar refractivity (Wildman–Crippen MR) is 137 cm³/mol. The number of amides is 1. The first-order valence-corrected chi connectivity index (χ1v) is 11.7. The fourth-order valence-electron chi connectivity index (χ4n) is 4.37. The molecule has 1 fully saturated rings. The van der Waals surface area contributed by atoms with Crippen LogP contribution in [0.15, 0.2) is 79.1 Å². The zero-order chi connectivity index (χ0) is 24.0. The number of benzene rings is 3. The molecule has 4 aromatic rings. The summed E-state index contributed by atoms with van der Waals surface area (Å²) >= 11 is 0. The minimum Gasteiger partial charge on any atom is -0.367 e. The van der Waals surface area contributed by atoms with E-state index in [0.29, 0.717) is 29.3 Å². The zero-order valence-electron chi connectivity index (χ0n) is 19.3. The number of piperazine rings is 1. The van der Waals surface area contributed by atoms with Crippen LogP contribution in [0.2, 0.25) is 0 Å². The lowest BCUT2D eigenvalue weighted by atomic mass is 10.1. The summed E-state index contributed by atoms with van der Waals surface area (Å²) in [4.78, 5) is 26.0. The van der Waals surface area contributed by atoms with E-state index in [1.54, 1.807) is 12.1 Å². The molecule has 35 heavy (non-hydrogen) atoms. The van der Waals surface area contributed by atoms with Gasteiger partial charge in [-0.25, -0.2) is 14.4 Å². The van der Waals surface area contributed by atoms with Crippen LogP contribution in [0.3, 0.4) is 0 Å². The van der Waals surface area contributed by atoms with Crippen LogP contribution in [0.25, 0.3) is 10.9 Å². The van der Waals surface area contributed by atoms with E-state index in [4.69, 9.17) is 0 Å². The second kappa shape index (κ2) is 10.5. The summed E-state index contributed by atoms with van der Waals surface area (Å²) in [6.45, 7) is 4.43. The highest BCUT2D eigenvalue weighted by atomic mass is 19.1. The first-order valence-electron chi connectivity index (χ1n) is 11.7. The van der Waals surface area contributed by atoms with Crippen LogP contribution in [0.1, 0.15) is 10.4 Å². The number of aromatic nitrogens is 2. The lowest BCUT2D eigenvalue weighted by Gasteiger charge is -2.36. The van der Waals surface area contributed by atoms with Gasteiger partial charge in [-0.1, -0.05) is 36.4 Å². The molecule has 178 valence electrons. The van der Waals surface area contributed by atoms with Gasteiger partial charge in [0.2, 0.25) is 0 Å². The quantitative estimate of drug-likeness (QED) is 0.424. The number of fused-ring (bicyclic) bond motifs is 1. The maximum atomic E-state index is 14.1. The summed E-state index contributed by atoms with van der Waals surface area (Å²) < 4.78 is 14.1. The molecule has 1 aliphatic heterocycles. The van der Waals surface area contributed by atoms with Gasteiger partial charge in [-0.05, 0) is 36.4 Å². The van der Waals surface area contributed by atoms with Crippen molar-refractivity contribution in [2.24, 2.45) is 0 Å². The molecule has 1 amide bonds. The summed E-state index contributed by atoms with van der Waals surface area (Å²) in [6, 6.07) is 22.0. The number of carbonyl (C=O) groups is 1. The van der Waals surface area contributed by atoms with Crippen molar-refractivity contribution < 1.29 is 9.18 Å². The van der Waals surface area contributed by atoms with Crippen molar-refractivity contribution in [1.82, 2.24) is 20.2 Å². The molecule has 5 rings (SSSR count). The third-order valence-corrected chi connectivity index (χ3v) is 6.25. The second-order valence-corrected chi connectivity index (χ2v) is 8.45. The number of hydrogen-bond acceptors (Lipinski definition) is 6. The van der Waals surface area contributed by atoms with Crippen LogP contribution in [0.5, 0.6) is 0 Å². The van der Waals surface area contributed by atoms with E-state index < -0.39 is 0 Å². The fourth-order valence-corrected chi connectivity index (χ4v) is 4.37. The van der Waals surface area contributed by atoms with E-state index in [2.05, 4.69) is 30.4 Å². The normalized spacial score (nSPS) is 14.1. The van der Waals surface area contributed by atoms with Crippen LogP contribution in [0.4, 0.5) is 21.6 Å². The Morgan fingerprint density at radius 1 is 0.886 bits per heavy atom. The number of nitrogens with one attached hydrogen (secondary N) is 2. The minimum atomic E-state index is -0.185. The Morgan fingerprint density at radius 3 is 2.49 bits per heavy atom. The highest BCUT2D eigenvalue weighted by Gasteiger charge is 2.19. The minimum absolute atomic E-state index is 0.142. The van der Waals surface area contributed by atoms with Gasteiger partial charge in [-0.2, -0.15) is 0 Å². The summed E-state index contributed by atoms with van der Waals surface area (Å²) in [5.41, 5.74) is 2.73. The van der Waals surface area contributed by atoms with Crippen molar-refractivity contribution in [3.63, 3.8) is 0 Å². The maximum absolute atomic E-state index is 14.1. The first kappa shape index (κ1) is 22.7. The third-order valence-electron chi connectivity index (χ3n) is 6.25. The molecule has 2 heterocycles. The number of nitrogens with zero attached hydrogens (tertiary/aromatic N) is 4. The summed E-state index contributed by atoms with van der Waals surface area (Å²) in [5, 5.41) is 7.23. The Hall–Kier alpha value is -4.04. The number of anilines is 3. The van der Waals surface area contributed by atoms with Gasteiger partial charge in [-0.15, -0.1) is 0 Å². The Labute approximate surface area is 203 Å². The molecule has 1 saturated heterocycles. The van der Waals surface area contributed by atoms with E-state index in [1.807, 2.05) is 54.6 Å². The molecule has 0 saturated carbocycles. The molecular formula is C27H27FN6O. The van der Waals surface area contributed by atoms with E-state index in [1.165, 1.54) is 12.4 Å². The van der Waals surface area contributed by atoms with Crippen LogP contribution >= 0.6 is 0 Å². The topological polar surface area (TPSA) is 73.4 Å². The second-order valence-electron chi connectivity index (χ2n) is 8.45. The molecule has 0 radical (unpaired) electrons. The van der Waals surface area contributed by atoms with Gasteiger partial charge in [0.15, 0.2) is 0 Å². The van der Waals surface area contributed by atoms with Gasteiger partial charge in [-0.3, -0.25) is 9.69 Å². The lowest BCUT2D eigenvalue weighted by molar-refractivity contribution is 0.0948. The maximum Gasteiger partial charge on any atom is 0.253 e. The number of para-hydroxylation sites is 3. The van der Waals surface area contributed by atoms with Crippen molar-refractivity contribution in [2.45, 2.75) is 0 Å². The van der Waals surface area contributed by atoms with Crippen LogP contribution < -0.4 is 15.5 Å². The molecular weight excluding hydrogens is 443 g/mol. The highest BCUT2D eigenvalue weighted by Crippen LogP contribution is 2.25. The Balaban J connectivity index is 1.17. The molecule has 1 aliphatic rings. The van der Waals surface area contributed by atoms with E-state index >= 15 is 0 Å². The van der Waals surface area contributed by atoms with Crippen LogP contribution in [-0.2, 0) is 0 Å². The SMILES string of the molecule is O=C(NCCN1CCN(c2ccccc2F)CC1)c1ccccc1Nc1ncnc2ccccc12. The Bertz CT molecular complexity index is 1320. The lowest BCUT2D eigenvalue weighted by Crippen LogP contribution is -2.48. The molecule has 0 spiro atoms. The van der Waals surface area contributed by atoms with Gasteiger partial charge in [0.05, 0.1) is 22.5 Å². The average molecular weight is 471 g/mol. The van der Waals surface area contributed by atoms with Gasteiger partial charge in [0, 0.05) is 44.7 Å². The number of carbonyl (C=O) groups excluding carboxylic acids is 1. The van der Waals surface area contributed by atoms with Crippen molar-refractivity contribution >= 4 is 34.0 Å². The van der Waals surface area contributed by atoms with Gasteiger partial charge >= 0.3 is 0 Å². The predicted octanol–water partition coefficient (Wildman–Crippen LogP) is 4.06. The van der Waals surface area contributed by atoms with Crippen molar-refractivity contribution in [2.75, 3.05) is 49.5 Å². The van der Waals surface area contributed by atoms with Gasteiger partial charge < -0.3 is 15.5 Å². The summed E-state index contributed by atoms with van der Waals surface area (Å²) in [6.07, 6.45) is 1.51. The number of rotatable bonds is 7. The molecule has 0 unspecified atom stereocenters. The molecule has 1 aromatic heterocycles. The largest absolute Gasteiger partial charge is 0.367 e. The van der Waals surface area contributed by atoms with Crippen molar-refractivity contribution in [3.05, 3.63) is 90.5 Å².